The molecule has 0 aliphatic carbocycles. The van der Waals surface area contributed by atoms with Gasteiger partial charge in [0.05, 0.1) is 7.11 Å². The molecule has 2 heteroatoms. The molecule has 15 heavy (non-hydrogen) atoms. The van der Waals surface area contributed by atoms with Crippen molar-refractivity contribution in [1.29, 1.82) is 0 Å². The van der Waals surface area contributed by atoms with Crippen LogP contribution >= 0.6 is 11.8 Å². The van der Waals surface area contributed by atoms with Crippen molar-refractivity contribution in [3.05, 3.63) is 23.3 Å². The van der Waals surface area contributed by atoms with Crippen LogP contribution in [-0.2, 0) is 6.42 Å². The average molecular weight is 222 g/mol. The van der Waals surface area contributed by atoms with E-state index in [0.29, 0.717) is 0 Å². The number of methoxy groups -OCH3 is 1. The largest absolute Gasteiger partial charge is 0.496 e. The highest BCUT2D eigenvalue weighted by Crippen LogP contribution is 2.39. The summed E-state index contributed by atoms with van der Waals surface area (Å²) in [6.07, 6.45) is 3.78. The predicted molar refractivity (Wildman–Crippen MR) is 66.0 cm³/mol. The molecule has 0 spiro atoms. The molecule has 2 rings (SSSR count). The summed E-state index contributed by atoms with van der Waals surface area (Å²) in [5, 5.41) is 0.810. The lowest BCUT2D eigenvalue weighted by Crippen LogP contribution is -2.10. The van der Waals surface area contributed by atoms with Gasteiger partial charge in [-0.1, -0.05) is 6.92 Å². The van der Waals surface area contributed by atoms with E-state index in [-0.39, 0.29) is 0 Å². The van der Waals surface area contributed by atoms with E-state index in [1.165, 1.54) is 35.3 Å². The Hall–Kier alpha value is -0.630. The molecular weight excluding hydrogens is 204 g/mol. The van der Waals surface area contributed by atoms with Crippen molar-refractivity contribution in [3.63, 3.8) is 0 Å². The zero-order valence-electron chi connectivity index (χ0n) is 9.67. The second kappa shape index (κ2) is 4.48. The highest BCUT2D eigenvalue weighted by atomic mass is 32.2. The van der Waals surface area contributed by atoms with Crippen LogP contribution in [0.25, 0.3) is 0 Å². The van der Waals surface area contributed by atoms with Gasteiger partial charge in [-0.15, -0.1) is 11.8 Å². The van der Waals surface area contributed by atoms with Crippen LogP contribution in [0.15, 0.2) is 17.0 Å². The van der Waals surface area contributed by atoms with Crippen LogP contribution in [0.2, 0.25) is 0 Å². The zero-order valence-corrected chi connectivity index (χ0v) is 10.5. The van der Waals surface area contributed by atoms with Crippen molar-refractivity contribution in [2.24, 2.45) is 0 Å². The van der Waals surface area contributed by atoms with Crippen molar-refractivity contribution in [2.45, 2.75) is 43.3 Å². The third-order valence-electron chi connectivity index (χ3n) is 3.06. The Bertz CT molecular complexity index is 360. The van der Waals surface area contributed by atoms with Gasteiger partial charge in [-0.05, 0) is 49.4 Å². The molecule has 1 atom stereocenters. The van der Waals surface area contributed by atoms with Crippen molar-refractivity contribution < 1.29 is 4.74 Å². The fourth-order valence-corrected chi connectivity index (χ4v) is 3.39. The van der Waals surface area contributed by atoms with Gasteiger partial charge in [0.25, 0.3) is 0 Å². The summed E-state index contributed by atoms with van der Waals surface area (Å²) in [4.78, 5) is 1.46. The minimum Gasteiger partial charge on any atom is -0.496 e. The first-order valence-corrected chi connectivity index (χ1v) is 6.46. The Morgan fingerprint density at radius 1 is 1.47 bits per heavy atom. The second-order valence-corrected chi connectivity index (χ2v) is 5.46. The van der Waals surface area contributed by atoms with Gasteiger partial charge >= 0.3 is 0 Å². The minimum atomic E-state index is 0.810. The molecule has 1 unspecified atom stereocenters. The maximum atomic E-state index is 5.35. The standard InChI is InChI=1S/C13H18OS/c1-4-11-6-5-10-8-12(14-3)9(2)7-13(10)15-11/h7-8,11H,4-6H2,1-3H3. The lowest BCUT2D eigenvalue weighted by molar-refractivity contribution is 0.410. The zero-order chi connectivity index (χ0) is 10.8. The number of benzene rings is 1. The Morgan fingerprint density at radius 2 is 2.27 bits per heavy atom. The molecular formula is C13H18OS. The summed E-state index contributed by atoms with van der Waals surface area (Å²) in [6.45, 7) is 4.40. The quantitative estimate of drug-likeness (QED) is 0.752. The van der Waals surface area contributed by atoms with Crippen molar-refractivity contribution in [1.82, 2.24) is 0 Å². The van der Waals surface area contributed by atoms with Crippen LogP contribution in [0.3, 0.4) is 0 Å². The van der Waals surface area contributed by atoms with Crippen LogP contribution in [0.5, 0.6) is 5.75 Å². The molecule has 0 N–H and O–H groups in total. The SMILES string of the molecule is CCC1CCc2cc(OC)c(C)cc2S1. The van der Waals surface area contributed by atoms with Gasteiger partial charge in [0.2, 0.25) is 0 Å². The average Bonchev–Trinajstić information content (AvgIpc) is 2.27. The highest BCUT2D eigenvalue weighted by Gasteiger charge is 2.19. The molecule has 0 bridgehead atoms. The summed E-state index contributed by atoms with van der Waals surface area (Å²) in [6, 6.07) is 4.49. The minimum absolute atomic E-state index is 0.810. The Kier molecular flexibility index (Phi) is 3.25. The first kappa shape index (κ1) is 10.9. The molecule has 1 aromatic carbocycles. The Balaban J connectivity index is 2.32. The third kappa shape index (κ3) is 2.15. The fraction of sp³-hybridized carbons (Fsp3) is 0.538. The topological polar surface area (TPSA) is 9.23 Å². The molecule has 0 fully saturated rings. The predicted octanol–water partition coefficient (Wildman–Crippen LogP) is 3.82. The summed E-state index contributed by atoms with van der Waals surface area (Å²) in [5.74, 6) is 1.03. The number of rotatable bonds is 2. The first-order chi connectivity index (χ1) is 7.24. The lowest BCUT2D eigenvalue weighted by atomic mass is 10.0. The van der Waals surface area contributed by atoms with E-state index >= 15 is 0 Å². The van der Waals surface area contributed by atoms with Crippen molar-refractivity contribution in [3.8, 4) is 5.75 Å². The van der Waals surface area contributed by atoms with Crippen LogP contribution in [0.1, 0.15) is 30.9 Å². The van der Waals surface area contributed by atoms with Gasteiger partial charge in [0.15, 0.2) is 0 Å². The molecule has 0 aromatic heterocycles. The summed E-state index contributed by atoms with van der Waals surface area (Å²) in [7, 11) is 1.75. The lowest BCUT2D eigenvalue weighted by Gasteiger charge is -2.24. The van der Waals surface area contributed by atoms with E-state index in [1.807, 2.05) is 11.8 Å². The Morgan fingerprint density at radius 3 is 2.93 bits per heavy atom. The van der Waals surface area contributed by atoms with Crippen molar-refractivity contribution >= 4 is 11.8 Å². The van der Waals surface area contributed by atoms with Gasteiger partial charge in [0.1, 0.15) is 5.75 Å². The summed E-state index contributed by atoms with van der Waals surface area (Å²) < 4.78 is 5.35. The first-order valence-electron chi connectivity index (χ1n) is 5.58. The van der Waals surface area contributed by atoms with E-state index in [2.05, 4.69) is 26.0 Å². The van der Waals surface area contributed by atoms with E-state index in [9.17, 15) is 0 Å². The molecule has 1 aromatic rings. The molecule has 1 aliphatic rings. The number of aryl methyl sites for hydroxylation is 2. The van der Waals surface area contributed by atoms with Gasteiger partial charge in [-0.2, -0.15) is 0 Å². The smallest absolute Gasteiger partial charge is 0.122 e. The summed E-state index contributed by atoms with van der Waals surface area (Å²) >= 11 is 2.03. The van der Waals surface area contributed by atoms with E-state index in [0.717, 1.165) is 11.0 Å². The fourth-order valence-electron chi connectivity index (χ4n) is 2.07. The number of hydrogen-bond acceptors (Lipinski definition) is 2. The van der Waals surface area contributed by atoms with Gasteiger partial charge < -0.3 is 4.74 Å². The highest BCUT2D eigenvalue weighted by molar-refractivity contribution is 8.00. The Labute approximate surface area is 96.2 Å². The van der Waals surface area contributed by atoms with Gasteiger partial charge in [-0.25, -0.2) is 0 Å². The molecule has 1 nitrogen and oxygen atoms in total. The number of fused-ring (bicyclic) bond motifs is 1. The van der Waals surface area contributed by atoms with Gasteiger partial charge in [-0.3, -0.25) is 0 Å². The third-order valence-corrected chi connectivity index (χ3v) is 4.60. The molecule has 1 aliphatic heterocycles. The van der Waals surface area contributed by atoms with E-state index < -0.39 is 0 Å². The molecule has 0 amide bonds. The molecule has 1 heterocycles. The van der Waals surface area contributed by atoms with E-state index in [4.69, 9.17) is 4.74 Å². The molecule has 0 saturated heterocycles. The molecule has 82 valence electrons. The summed E-state index contributed by atoms with van der Waals surface area (Å²) in [5.41, 5.74) is 2.72. The number of ether oxygens (including phenoxy) is 1. The molecule has 0 radical (unpaired) electrons. The number of thioether (sulfide) groups is 1. The monoisotopic (exact) mass is 222 g/mol. The number of hydrogen-bond donors (Lipinski definition) is 0. The van der Waals surface area contributed by atoms with Gasteiger partial charge in [0, 0.05) is 10.1 Å². The van der Waals surface area contributed by atoms with Crippen LogP contribution in [0.4, 0.5) is 0 Å². The van der Waals surface area contributed by atoms with Crippen LogP contribution in [-0.4, -0.2) is 12.4 Å². The van der Waals surface area contributed by atoms with Crippen LogP contribution in [0, 0.1) is 6.92 Å². The van der Waals surface area contributed by atoms with E-state index in [1.54, 1.807) is 7.11 Å². The maximum absolute atomic E-state index is 5.35. The second-order valence-electron chi connectivity index (χ2n) is 4.12. The van der Waals surface area contributed by atoms with Crippen LogP contribution < -0.4 is 4.74 Å². The normalized spacial score (nSPS) is 19.8. The van der Waals surface area contributed by atoms with Crippen molar-refractivity contribution in [2.75, 3.05) is 7.11 Å². The maximum Gasteiger partial charge on any atom is 0.122 e. The molecule has 0 saturated carbocycles.